The number of fused-ring (bicyclic) bond motifs is 1. The van der Waals surface area contributed by atoms with Gasteiger partial charge in [0.15, 0.2) is 0 Å². The van der Waals surface area contributed by atoms with Crippen molar-refractivity contribution >= 4 is 29.0 Å². The van der Waals surface area contributed by atoms with Crippen LogP contribution in [0.2, 0.25) is 0 Å². The average molecular weight is 385 g/mol. The van der Waals surface area contributed by atoms with Crippen LogP contribution >= 0.6 is 11.3 Å². The molecule has 1 N–H and O–H groups in total. The number of ether oxygens (including phenoxy) is 1. The Labute approximate surface area is 156 Å². The van der Waals surface area contributed by atoms with E-state index in [1.165, 1.54) is 47.4 Å². The zero-order valence-corrected chi connectivity index (χ0v) is 14.7. The van der Waals surface area contributed by atoms with E-state index in [2.05, 4.69) is 20.8 Å². The fraction of sp³-hybridized carbons (Fsp3) is 0.118. The van der Waals surface area contributed by atoms with Crippen LogP contribution in [0.5, 0.6) is 0 Å². The molecule has 8 nitrogen and oxygen atoms in total. The van der Waals surface area contributed by atoms with Crippen LogP contribution in [0.25, 0.3) is 0 Å². The number of nitrogens with zero attached hydrogens (tertiary/aromatic N) is 4. The van der Waals surface area contributed by atoms with Gasteiger partial charge in [-0.15, -0.1) is 11.3 Å². The summed E-state index contributed by atoms with van der Waals surface area (Å²) in [6.45, 7) is 0. The zero-order valence-electron chi connectivity index (χ0n) is 13.9. The van der Waals surface area contributed by atoms with Crippen molar-refractivity contribution in [2.45, 2.75) is 6.04 Å². The second-order valence-corrected chi connectivity index (χ2v) is 6.56. The third-order valence-corrected chi connectivity index (χ3v) is 4.95. The summed E-state index contributed by atoms with van der Waals surface area (Å²) in [5.41, 5.74) is 0.621. The van der Waals surface area contributed by atoms with Gasteiger partial charge in [-0.05, 0) is 39.6 Å². The van der Waals surface area contributed by atoms with Gasteiger partial charge < -0.3 is 10.1 Å². The van der Waals surface area contributed by atoms with Gasteiger partial charge in [-0.2, -0.15) is 4.68 Å². The number of carbonyl (C=O) groups excluding carboxylic acids is 2. The van der Waals surface area contributed by atoms with E-state index in [1.807, 2.05) is 0 Å². The molecule has 0 bridgehead atoms. The number of carbonyl (C=O) groups is 2. The third kappa shape index (κ3) is 2.89. The summed E-state index contributed by atoms with van der Waals surface area (Å²) in [6, 6.07) is 8.16. The molecule has 2 aromatic heterocycles. The third-order valence-electron chi connectivity index (χ3n) is 4.08. The molecular formula is C17H12FN5O3S. The zero-order chi connectivity index (χ0) is 19.0. The smallest absolute Gasteiger partial charge is 0.355 e. The molecule has 0 amide bonds. The molecular weight excluding hydrogens is 373 g/mol. The molecule has 3 heterocycles. The van der Waals surface area contributed by atoms with Crippen molar-refractivity contribution in [2.24, 2.45) is 0 Å². The van der Waals surface area contributed by atoms with Crippen molar-refractivity contribution in [3.63, 3.8) is 0 Å². The van der Waals surface area contributed by atoms with Gasteiger partial charge in [0.1, 0.15) is 17.6 Å². The Bertz CT molecular complexity index is 1040. The van der Waals surface area contributed by atoms with Crippen LogP contribution in [0.1, 0.15) is 21.3 Å². The fourth-order valence-corrected chi connectivity index (χ4v) is 3.56. The van der Waals surface area contributed by atoms with Crippen LogP contribution in [0, 0.1) is 5.82 Å². The maximum absolute atomic E-state index is 13.4. The van der Waals surface area contributed by atoms with Crippen LogP contribution in [0.3, 0.4) is 0 Å². The van der Waals surface area contributed by atoms with E-state index in [0.29, 0.717) is 10.4 Å². The number of hydrogen-bond donors (Lipinski definition) is 1. The highest BCUT2D eigenvalue weighted by Crippen LogP contribution is 2.37. The molecule has 1 aliphatic heterocycles. The van der Waals surface area contributed by atoms with Gasteiger partial charge >= 0.3 is 5.97 Å². The van der Waals surface area contributed by atoms with Gasteiger partial charge in [0.25, 0.3) is 0 Å². The molecule has 1 aliphatic rings. The van der Waals surface area contributed by atoms with E-state index in [1.54, 1.807) is 17.5 Å². The molecule has 0 unspecified atom stereocenters. The molecule has 27 heavy (non-hydrogen) atoms. The monoisotopic (exact) mass is 385 g/mol. The molecule has 3 aromatic rings. The first-order valence-electron chi connectivity index (χ1n) is 7.81. The van der Waals surface area contributed by atoms with E-state index in [9.17, 15) is 14.0 Å². The Kier molecular flexibility index (Phi) is 4.24. The molecule has 0 aliphatic carbocycles. The average Bonchev–Trinajstić information content (AvgIpc) is 3.37. The van der Waals surface area contributed by atoms with Gasteiger partial charge in [-0.25, -0.2) is 9.18 Å². The maximum atomic E-state index is 13.4. The lowest BCUT2D eigenvalue weighted by Crippen LogP contribution is -2.32. The largest absolute Gasteiger partial charge is 0.464 e. The molecule has 0 spiro atoms. The van der Waals surface area contributed by atoms with Crippen LogP contribution in [-0.4, -0.2) is 39.1 Å². The number of hydrogen-bond acceptors (Lipinski definition) is 8. The number of ketones is 1. The Morgan fingerprint density at radius 3 is 2.70 bits per heavy atom. The molecule has 0 fully saturated rings. The number of Topliss-reactive ketones (excluding diaryl/α,β-unsaturated/α-hetero) is 1. The Hall–Kier alpha value is -3.40. The van der Waals surface area contributed by atoms with E-state index < -0.39 is 17.8 Å². The molecule has 136 valence electrons. The number of benzene rings is 1. The number of methoxy groups -OCH3 is 1. The highest BCUT2D eigenvalue weighted by atomic mass is 32.1. The summed E-state index contributed by atoms with van der Waals surface area (Å²) in [7, 11) is 1.22. The summed E-state index contributed by atoms with van der Waals surface area (Å²) in [4.78, 5) is 26.0. The lowest BCUT2D eigenvalue weighted by Gasteiger charge is -2.27. The second kappa shape index (κ2) is 6.72. The van der Waals surface area contributed by atoms with Crippen molar-refractivity contribution in [3.8, 4) is 0 Å². The predicted molar refractivity (Wildman–Crippen MR) is 93.7 cm³/mol. The van der Waals surface area contributed by atoms with Crippen LogP contribution in [0.15, 0.2) is 53.0 Å². The highest BCUT2D eigenvalue weighted by molar-refractivity contribution is 7.12. The summed E-state index contributed by atoms with van der Waals surface area (Å²) >= 11 is 1.24. The van der Waals surface area contributed by atoms with Crippen molar-refractivity contribution in [3.05, 3.63) is 69.3 Å². The summed E-state index contributed by atoms with van der Waals surface area (Å²) in [6.07, 6.45) is 0. The van der Waals surface area contributed by atoms with E-state index >= 15 is 0 Å². The van der Waals surface area contributed by atoms with Crippen LogP contribution in [0.4, 0.5) is 10.3 Å². The van der Waals surface area contributed by atoms with E-state index in [0.717, 1.165) is 0 Å². The number of thiophene rings is 1. The SMILES string of the molecule is COC(=O)C1=C(C(=O)c2cccs2)[C@H](c2ccc(F)cc2)n2nnnc2N1. The number of anilines is 1. The number of tetrazole rings is 1. The standard InChI is InChI=1S/C17H12FN5O3S/c1-26-16(25)13-12(15(24)11-3-2-8-27-11)14(9-4-6-10(18)7-5-9)23-17(19-13)20-21-22-23/h2-8,14H,1H3,(H,19,20,22)/t14-/m0/s1. The van der Waals surface area contributed by atoms with E-state index in [-0.39, 0.29) is 23.0 Å². The first-order chi connectivity index (χ1) is 13.1. The normalized spacial score (nSPS) is 15.9. The number of halogens is 1. The predicted octanol–water partition coefficient (Wildman–Crippen LogP) is 2.20. The minimum Gasteiger partial charge on any atom is -0.464 e. The number of nitrogens with one attached hydrogen (secondary N) is 1. The lowest BCUT2D eigenvalue weighted by molar-refractivity contribution is -0.136. The number of rotatable bonds is 4. The summed E-state index contributed by atoms with van der Waals surface area (Å²) in [5, 5.41) is 15.9. The lowest BCUT2D eigenvalue weighted by atomic mass is 9.91. The van der Waals surface area contributed by atoms with Crippen LogP contribution < -0.4 is 5.32 Å². The first-order valence-corrected chi connectivity index (χ1v) is 8.69. The Morgan fingerprint density at radius 1 is 1.26 bits per heavy atom. The molecule has 0 radical (unpaired) electrons. The molecule has 1 aromatic carbocycles. The van der Waals surface area contributed by atoms with Crippen molar-refractivity contribution in [2.75, 3.05) is 12.4 Å². The molecule has 0 saturated heterocycles. The molecule has 10 heteroatoms. The molecule has 1 atom stereocenters. The van der Waals surface area contributed by atoms with Crippen molar-refractivity contribution in [1.82, 2.24) is 20.2 Å². The summed E-state index contributed by atoms with van der Waals surface area (Å²) < 4.78 is 19.6. The Balaban J connectivity index is 1.95. The quantitative estimate of drug-likeness (QED) is 0.543. The summed E-state index contributed by atoms with van der Waals surface area (Å²) in [5.74, 6) is -1.34. The molecule has 0 saturated carbocycles. The van der Waals surface area contributed by atoms with Gasteiger partial charge in [0.2, 0.25) is 11.7 Å². The van der Waals surface area contributed by atoms with E-state index in [4.69, 9.17) is 4.74 Å². The number of allylic oxidation sites excluding steroid dienone is 1. The maximum Gasteiger partial charge on any atom is 0.355 e. The van der Waals surface area contributed by atoms with Gasteiger partial charge in [0, 0.05) is 0 Å². The minimum atomic E-state index is -0.819. The Morgan fingerprint density at radius 2 is 2.04 bits per heavy atom. The first kappa shape index (κ1) is 17.0. The molecule has 4 rings (SSSR count). The number of esters is 1. The van der Waals surface area contributed by atoms with Gasteiger partial charge in [0.05, 0.1) is 17.6 Å². The highest BCUT2D eigenvalue weighted by Gasteiger charge is 2.38. The van der Waals surface area contributed by atoms with Gasteiger partial charge in [-0.1, -0.05) is 23.3 Å². The fourth-order valence-electron chi connectivity index (χ4n) is 2.88. The topological polar surface area (TPSA) is 99.0 Å². The van der Waals surface area contributed by atoms with Crippen molar-refractivity contribution in [1.29, 1.82) is 0 Å². The van der Waals surface area contributed by atoms with Gasteiger partial charge in [-0.3, -0.25) is 4.79 Å². The van der Waals surface area contributed by atoms with Crippen LogP contribution in [-0.2, 0) is 9.53 Å². The minimum absolute atomic E-state index is 0.0486. The van der Waals surface area contributed by atoms with Crippen molar-refractivity contribution < 1.29 is 18.7 Å². The number of aromatic nitrogens is 4. The second-order valence-electron chi connectivity index (χ2n) is 5.61.